The highest BCUT2D eigenvalue weighted by Gasteiger charge is 2.26. The maximum Gasteiger partial charge on any atom is 0.238 e. The van der Waals surface area contributed by atoms with Crippen LogP contribution in [0.5, 0.6) is 0 Å². The van der Waals surface area contributed by atoms with Gasteiger partial charge in [0.25, 0.3) is 0 Å². The number of hydrogen-bond acceptors (Lipinski definition) is 5. The van der Waals surface area contributed by atoms with E-state index in [1.54, 1.807) is 0 Å². The summed E-state index contributed by atoms with van der Waals surface area (Å²) in [6.07, 6.45) is 0. The normalized spacial score (nSPS) is 12.6. The number of para-hydroxylation sites is 1. The van der Waals surface area contributed by atoms with E-state index in [1.165, 1.54) is 78.4 Å². The van der Waals surface area contributed by atoms with Crippen molar-refractivity contribution in [2.45, 2.75) is 0 Å². The third-order valence-corrected chi connectivity index (χ3v) is 13.2. The van der Waals surface area contributed by atoms with Gasteiger partial charge in [0.05, 0.1) is 27.6 Å². The molecule has 0 radical (unpaired) electrons. The van der Waals surface area contributed by atoms with Gasteiger partial charge >= 0.3 is 0 Å². The number of thiophene rings is 2. The predicted molar refractivity (Wildman–Crippen MR) is 219 cm³/mol. The summed E-state index contributed by atoms with van der Waals surface area (Å²) in [5, 5.41) is 10.2. The van der Waals surface area contributed by atoms with E-state index in [-0.39, 0.29) is 0 Å². The van der Waals surface area contributed by atoms with E-state index < -0.39 is 0 Å². The molecule has 0 aliphatic heterocycles. The zero-order valence-corrected chi connectivity index (χ0v) is 29.0. The molecular formula is C45H23N5S2. The lowest BCUT2D eigenvalue weighted by molar-refractivity contribution is 0.954. The molecule has 13 rings (SSSR count). The van der Waals surface area contributed by atoms with Gasteiger partial charge in [0.1, 0.15) is 0 Å². The smallest absolute Gasteiger partial charge is 0.238 e. The van der Waals surface area contributed by atoms with E-state index in [0.29, 0.717) is 17.6 Å². The topological polar surface area (TPSA) is 48.0 Å². The third kappa shape index (κ3) is 3.40. The molecule has 7 heteroatoms. The molecule has 0 amide bonds. The number of fused-ring (bicyclic) bond motifs is 7. The monoisotopic (exact) mass is 697 g/mol. The average molecular weight is 698 g/mol. The van der Waals surface area contributed by atoms with Crippen molar-refractivity contribution in [2.75, 3.05) is 0 Å². The maximum absolute atomic E-state index is 5.34. The molecular weight excluding hydrogens is 675 g/mol. The zero-order valence-electron chi connectivity index (χ0n) is 27.3. The Morgan fingerprint density at radius 1 is 0.385 bits per heavy atom. The first-order valence-electron chi connectivity index (χ1n) is 17.4. The van der Waals surface area contributed by atoms with Crippen LogP contribution in [0.25, 0.3) is 118 Å². The van der Waals surface area contributed by atoms with Gasteiger partial charge in [-0.1, -0.05) is 78.9 Å². The molecule has 0 saturated heterocycles. The average Bonchev–Trinajstić information content (AvgIpc) is 3.92. The lowest BCUT2D eigenvalue weighted by Crippen LogP contribution is -2.06. The molecule has 6 aromatic heterocycles. The summed E-state index contributed by atoms with van der Waals surface area (Å²) < 4.78 is 9.90. The van der Waals surface area contributed by atoms with Crippen molar-refractivity contribution < 1.29 is 0 Å². The molecule has 0 unspecified atom stereocenters. The molecule has 0 fully saturated rings. The lowest BCUT2D eigenvalue weighted by Gasteiger charge is -2.11. The lowest BCUT2D eigenvalue weighted by atomic mass is 10.0. The first-order chi connectivity index (χ1) is 25.8. The molecule has 0 aliphatic carbocycles. The molecule has 13 aromatic rings. The van der Waals surface area contributed by atoms with Crippen LogP contribution in [0.4, 0.5) is 0 Å². The van der Waals surface area contributed by atoms with E-state index in [9.17, 15) is 0 Å². The summed E-state index contributed by atoms with van der Waals surface area (Å²) in [5.74, 6) is 1.91. The molecule has 6 heterocycles. The van der Waals surface area contributed by atoms with Crippen molar-refractivity contribution in [2.24, 2.45) is 0 Å². The van der Waals surface area contributed by atoms with Crippen molar-refractivity contribution in [1.82, 2.24) is 23.9 Å². The van der Waals surface area contributed by atoms with Gasteiger partial charge in [0, 0.05) is 73.0 Å². The summed E-state index contributed by atoms with van der Waals surface area (Å²) in [7, 11) is 0. The van der Waals surface area contributed by atoms with Crippen LogP contribution in [0.1, 0.15) is 0 Å². The Hall–Kier alpha value is -6.41. The molecule has 52 heavy (non-hydrogen) atoms. The first kappa shape index (κ1) is 27.3. The van der Waals surface area contributed by atoms with Crippen LogP contribution < -0.4 is 0 Å². The molecule has 7 aromatic carbocycles. The minimum Gasteiger partial charge on any atom is -0.308 e. The Morgan fingerprint density at radius 2 is 1.06 bits per heavy atom. The fraction of sp³-hybridized carbons (Fsp3) is 0. The summed E-state index contributed by atoms with van der Waals surface area (Å²) in [4.78, 5) is 15.7. The number of benzene rings is 7. The fourth-order valence-corrected chi connectivity index (χ4v) is 11.0. The highest BCUT2D eigenvalue weighted by atomic mass is 32.1. The maximum atomic E-state index is 5.34. The Kier molecular flexibility index (Phi) is 5.08. The highest BCUT2D eigenvalue weighted by Crippen LogP contribution is 2.50. The standard InChI is InChI=1S/C45H23N5S2/c1-2-9-24(10-3-1)43-46-44(25-17-20-35-29(23-25)27-12-5-7-16-34(27)51-35)48-45(47-43)50-32-15-8-14-31-38(32)39-33(50)19-22-36-40(39)41-37(52-36)21-18-28-26-11-4-6-13-30(26)49(31)42(28)41/h1-23H. The van der Waals surface area contributed by atoms with Gasteiger partial charge in [-0.3, -0.25) is 4.57 Å². The molecule has 0 atom stereocenters. The summed E-state index contributed by atoms with van der Waals surface area (Å²) in [6, 6.07) is 50.1. The van der Waals surface area contributed by atoms with Crippen molar-refractivity contribution in [1.29, 1.82) is 0 Å². The van der Waals surface area contributed by atoms with Gasteiger partial charge in [0.15, 0.2) is 11.6 Å². The van der Waals surface area contributed by atoms with Gasteiger partial charge in [0.2, 0.25) is 5.95 Å². The van der Waals surface area contributed by atoms with Gasteiger partial charge in [-0.15, -0.1) is 22.7 Å². The Morgan fingerprint density at radius 3 is 1.98 bits per heavy atom. The molecule has 0 bridgehead atoms. The Labute approximate surface area is 302 Å². The molecule has 0 spiro atoms. The van der Waals surface area contributed by atoms with Crippen molar-refractivity contribution in [3.05, 3.63) is 140 Å². The molecule has 5 nitrogen and oxygen atoms in total. The second kappa shape index (κ2) is 9.67. The summed E-state index contributed by atoms with van der Waals surface area (Å²) in [6.45, 7) is 0. The Balaban J connectivity index is 1.18. The van der Waals surface area contributed by atoms with E-state index >= 15 is 0 Å². The number of aromatic nitrogens is 5. The van der Waals surface area contributed by atoms with Crippen LogP contribution in [0.3, 0.4) is 0 Å². The van der Waals surface area contributed by atoms with Gasteiger partial charge in [-0.2, -0.15) is 9.97 Å². The van der Waals surface area contributed by atoms with Crippen LogP contribution in [0, 0.1) is 0 Å². The summed E-state index contributed by atoms with van der Waals surface area (Å²) >= 11 is 3.70. The fourth-order valence-electron chi connectivity index (χ4n) is 8.76. The van der Waals surface area contributed by atoms with E-state index in [2.05, 4.69) is 130 Å². The van der Waals surface area contributed by atoms with Crippen LogP contribution in [-0.4, -0.2) is 23.9 Å². The minimum atomic E-state index is 0.610. The SMILES string of the molecule is c1ccc(-c2nc(-c3ccc4sc5ccccc5c4c3)nc(-n3c4ccc5sc6ccc7c8ccccc8n8c9cccc3c9c4c5c6c78)n2)cc1. The molecule has 240 valence electrons. The second-order valence-corrected chi connectivity index (χ2v) is 15.8. The minimum absolute atomic E-state index is 0.610. The largest absolute Gasteiger partial charge is 0.308 e. The Bertz CT molecular complexity index is 3590. The van der Waals surface area contributed by atoms with Crippen LogP contribution in [-0.2, 0) is 0 Å². The van der Waals surface area contributed by atoms with Crippen molar-refractivity contribution >= 4 is 112 Å². The van der Waals surface area contributed by atoms with Gasteiger partial charge in [-0.05, 0) is 60.7 Å². The van der Waals surface area contributed by atoms with Crippen LogP contribution in [0.15, 0.2) is 140 Å². The number of nitrogens with zero attached hydrogens (tertiary/aromatic N) is 5. The molecule has 0 N–H and O–H groups in total. The van der Waals surface area contributed by atoms with Crippen molar-refractivity contribution in [3.63, 3.8) is 0 Å². The van der Waals surface area contributed by atoms with E-state index in [4.69, 9.17) is 15.0 Å². The number of rotatable bonds is 3. The molecule has 0 aliphatic rings. The summed E-state index contributed by atoms with van der Waals surface area (Å²) in [5.41, 5.74) is 7.78. The van der Waals surface area contributed by atoms with Crippen LogP contribution >= 0.6 is 22.7 Å². The highest BCUT2D eigenvalue weighted by molar-refractivity contribution is 7.26. The van der Waals surface area contributed by atoms with Crippen molar-refractivity contribution in [3.8, 4) is 28.7 Å². The first-order valence-corrected chi connectivity index (χ1v) is 19.0. The van der Waals surface area contributed by atoms with E-state index in [1.807, 2.05) is 40.9 Å². The predicted octanol–water partition coefficient (Wildman–Crippen LogP) is 12.5. The van der Waals surface area contributed by atoms with E-state index in [0.717, 1.165) is 22.2 Å². The van der Waals surface area contributed by atoms with Gasteiger partial charge in [-0.25, -0.2) is 4.98 Å². The zero-order chi connectivity index (χ0) is 33.7. The van der Waals surface area contributed by atoms with Crippen LogP contribution in [0.2, 0.25) is 0 Å². The second-order valence-electron chi connectivity index (χ2n) is 13.6. The number of hydrogen-bond donors (Lipinski definition) is 0. The third-order valence-electron chi connectivity index (χ3n) is 10.9. The van der Waals surface area contributed by atoms with Gasteiger partial charge < -0.3 is 4.40 Å². The quantitative estimate of drug-likeness (QED) is 0.185. The molecule has 0 saturated carbocycles.